The van der Waals surface area contributed by atoms with Gasteiger partial charge in [0.1, 0.15) is 19.3 Å². The number of carboxylic acids is 1. The highest BCUT2D eigenvalue weighted by Crippen LogP contribution is 2.46. The quantitative estimate of drug-likeness (QED) is 0.0373. The zero-order chi connectivity index (χ0) is 32.2. The van der Waals surface area contributed by atoms with Crippen LogP contribution >= 0.6 is 7.82 Å². The van der Waals surface area contributed by atoms with Gasteiger partial charge in [0.15, 0.2) is 0 Å². The Hall–Kier alpha value is -0.540. The molecule has 2 unspecified atom stereocenters. The number of phosphoric acid groups is 1. The number of phosphoric ester groups is 1. The van der Waals surface area contributed by atoms with Gasteiger partial charge in [0.05, 0.1) is 33.9 Å². The number of carbonyl (C=O) groups is 1. The van der Waals surface area contributed by atoms with Crippen molar-refractivity contribution in [3.05, 3.63) is 0 Å². The molecule has 0 radical (unpaired) electrons. The van der Waals surface area contributed by atoms with Crippen molar-refractivity contribution in [1.82, 2.24) is 0 Å². The molecule has 3 atom stereocenters. The predicted molar refractivity (Wildman–Crippen MR) is 175 cm³/mol. The summed E-state index contributed by atoms with van der Waals surface area (Å²) in [7, 11) is 1.65. The van der Waals surface area contributed by atoms with Gasteiger partial charge >= 0.3 is 13.8 Å². The molecule has 0 heterocycles. The van der Waals surface area contributed by atoms with E-state index in [1.165, 1.54) is 70.6 Å². The smallest absolute Gasteiger partial charge is 0.472 e. The molecule has 0 fully saturated rings. The van der Waals surface area contributed by atoms with Gasteiger partial charge in [-0.05, 0) is 19.3 Å². The minimum absolute atomic E-state index is 0.0972. The minimum Gasteiger partial charge on any atom is -0.481 e. The van der Waals surface area contributed by atoms with E-state index >= 15 is 0 Å². The minimum atomic E-state index is -4.30. The molecule has 0 saturated heterocycles. The number of hydrogen-bond donors (Lipinski definition) is 3. The third-order valence-electron chi connectivity index (χ3n) is 7.84. The van der Waals surface area contributed by atoms with Crippen molar-refractivity contribution < 1.29 is 42.7 Å². The second kappa shape index (κ2) is 27.7. The highest BCUT2D eigenvalue weighted by Gasteiger charge is 2.32. The van der Waals surface area contributed by atoms with Gasteiger partial charge < -0.3 is 24.3 Å². The maximum Gasteiger partial charge on any atom is 0.472 e. The van der Waals surface area contributed by atoms with Crippen LogP contribution in [0.5, 0.6) is 0 Å². The molecule has 0 aliphatic heterocycles. The molecule has 258 valence electrons. The molecule has 0 bridgehead atoms. The number of ether oxygens (including phenoxy) is 1. The van der Waals surface area contributed by atoms with Gasteiger partial charge in [0, 0.05) is 13.0 Å². The van der Waals surface area contributed by atoms with Crippen LogP contribution in [0.1, 0.15) is 148 Å². The number of likely N-dealkylation sites (N-methyl/N-ethyl adjacent to an activating group) is 1. The molecule has 0 aromatic carbocycles. The Kier molecular flexibility index (Phi) is 27.4. The Labute approximate surface area is 264 Å². The number of quaternary nitrogens is 1. The Balaban J connectivity index is 4.47. The van der Waals surface area contributed by atoms with Crippen LogP contribution in [0.3, 0.4) is 0 Å². The predicted octanol–water partition coefficient (Wildman–Crippen LogP) is 8.26. The van der Waals surface area contributed by atoms with Gasteiger partial charge in [-0.1, -0.05) is 122 Å². The summed E-state index contributed by atoms with van der Waals surface area (Å²) in [6.07, 6.45) is 22.2. The van der Waals surface area contributed by atoms with E-state index in [4.69, 9.17) is 18.9 Å². The topological polar surface area (TPSA) is 123 Å². The lowest BCUT2D eigenvalue weighted by atomic mass is 10.0. The summed E-state index contributed by atoms with van der Waals surface area (Å²) in [5.41, 5.74) is 0. The lowest BCUT2D eigenvalue weighted by Gasteiger charge is -2.28. The van der Waals surface area contributed by atoms with Gasteiger partial charge in [-0.2, -0.15) is 0 Å². The van der Waals surface area contributed by atoms with E-state index in [0.717, 1.165) is 51.4 Å². The molecule has 10 heteroatoms. The average Bonchev–Trinajstić information content (AvgIpc) is 2.92. The van der Waals surface area contributed by atoms with Crippen LogP contribution in [0.25, 0.3) is 0 Å². The standard InChI is InChI=1S/C33H68NO8P/c1-5-6-7-8-9-10-11-12-13-14-15-16-19-22-25-31(42-43(38,39)41-29-27-34(2,3)4)32(30-35)40-28-24-21-18-17-20-23-26-33(36)37/h31-32,35H,5-30H2,1-4H3,(H-,36,37,38,39)/p+1/t31?,32-/m0/s1. The third kappa shape index (κ3) is 29.9. The first-order valence-corrected chi connectivity index (χ1v) is 18.9. The lowest BCUT2D eigenvalue weighted by Crippen LogP contribution is -2.38. The lowest BCUT2D eigenvalue weighted by molar-refractivity contribution is -0.870. The van der Waals surface area contributed by atoms with Crippen LogP contribution in [-0.2, 0) is 23.1 Å². The molecule has 0 amide bonds. The van der Waals surface area contributed by atoms with E-state index < -0.39 is 26.0 Å². The van der Waals surface area contributed by atoms with E-state index in [9.17, 15) is 19.4 Å². The normalized spacial score (nSPS) is 14.9. The van der Waals surface area contributed by atoms with E-state index in [1.54, 1.807) is 0 Å². The Morgan fingerprint density at radius 3 is 1.63 bits per heavy atom. The number of rotatable bonds is 33. The maximum absolute atomic E-state index is 12.8. The summed E-state index contributed by atoms with van der Waals surface area (Å²) in [6.45, 7) is 3.05. The maximum atomic E-state index is 12.8. The number of hydrogen-bond acceptors (Lipinski definition) is 6. The second-order valence-corrected chi connectivity index (χ2v) is 14.6. The highest BCUT2D eigenvalue weighted by molar-refractivity contribution is 7.47. The number of carboxylic acid groups (broad SMARTS) is 1. The summed E-state index contributed by atoms with van der Waals surface area (Å²) in [4.78, 5) is 21.0. The fourth-order valence-corrected chi connectivity index (χ4v) is 6.03. The first kappa shape index (κ1) is 42.5. The van der Waals surface area contributed by atoms with E-state index in [2.05, 4.69) is 6.92 Å². The Bertz CT molecular complexity index is 688. The number of unbranched alkanes of at least 4 members (excludes halogenated alkanes) is 18. The van der Waals surface area contributed by atoms with Gasteiger partial charge in [-0.25, -0.2) is 4.57 Å². The van der Waals surface area contributed by atoms with Gasteiger partial charge in [-0.3, -0.25) is 13.8 Å². The number of aliphatic hydroxyl groups is 1. The molecular weight excluding hydrogens is 569 g/mol. The molecule has 43 heavy (non-hydrogen) atoms. The molecular formula is C33H69NO8P+. The molecule has 0 rings (SSSR count). The average molecular weight is 639 g/mol. The van der Waals surface area contributed by atoms with Gasteiger partial charge in [0.2, 0.25) is 0 Å². The van der Waals surface area contributed by atoms with Crippen LogP contribution < -0.4 is 0 Å². The fourth-order valence-electron chi connectivity index (χ4n) is 5.08. The molecule has 9 nitrogen and oxygen atoms in total. The van der Waals surface area contributed by atoms with E-state index in [1.807, 2.05) is 21.1 Å². The second-order valence-electron chi connectivity index (χ2n) is 13.2. The van der Waals surface area contributed by atoms with Crippen LogP contribution in [0.2, 0.25) is 0 Å². The first-order valence-electron chi connectivity index (χ1n) is 17.4. The van der Waals surface area contributed by atoms with Crippen molar-refractivity contribution in [2.24, 2.45) is 0 Å². The Morgan fingerprint density at radius 2 is 1.16 bits per heavy atom. The highest BCUT2D eigenvalue weighted by atomic mass is 31.2. The van der Waals surface area contributed by atoms with Gasteiger partial charge in [-0.15, -0.1) is 0 Å². The number of nitrogens with zero attached hydrogens (tertiary/aromatic N) is 1. The zero-order valence-corrected chi connectivity index (χ0v) is 29.2. The zero-order valence-electron chi connectivity index (χ0n) is 28.3. The molecule has 0 spiro atoms. The van der Waals surface area contributed by atoms with Crippen molar-refractivity contribution in [3.63, 3.8) is 0 Å². The number of aliphatic carboxylic acids is 1. The Morgan fingerprint density at radius 1 is 0.698 bits per heavy atom. The van der Waals surface area contributed by atoms with Crippen molar-refractivity contribution in [2.75, 3.05) is 47.5 Å². The summed E-state index contributed by atoms with van der Waals surface area (Å²) in [6, 6.07) is 0. The van der Waals surface area contributed by atoms with Crippen molar-refractivity contribution in [3.8, 4) is 0 Å². The van der Waals surface area contributed by atoms with Crippen LogP contribution in [0, 0.1) is 0 Å². The summed E-state index contributed by atoms with van der Waals surface area (Å²) >= 11 is 0. The van der Waals surface area contributed by atoms with E-state index in [-0.39, 0.29) is 19.6 Å². The van der Waals surface area contributed by atoms with Crippen LogP contribution in [0.4, 0.5) is 0 Å². The number of aliphatic hydroxyl groups excluding tert-OH is 1. The van der Waals surface area contributed by atoms with Crippen LogP contribution in [-0.4, -0.2) is 85.3 Å². The van der Waals surface area contributed by atoms with Crippen LogP contribution in [0.15, 0.2) is 0 Å². The van der Waals surface area contributed by atoms with E-state index in [0.29, 0.717) is 30.5 Å². The molecule has 0 aliphatic carbocycles. The molecule has 0 saturated carbocycles. The monoisotopic (exact) mass is 638 g/mol. The summed E-state index contributed by atoms with van der Waals surface area (Å²) in [5.74, 6) is -0.750. The van der Waals surface area contributed by atoms with Gasteiger partial charge in [0.25, 0.3) is 0 Å². The van der Waals surface area contributed by atoms with Crippen molar-refractivity contribution in [1.29, 1.82) is 0 Å². The molecule has 0 aromatic heterocycles. The SMILES string of the molecule is CCCCCCCCCCCCCCCCC(OP(=O)(O)OCC[N+](C)(C)C)[C@H](CO)OCCCCCCCCC(=O)O. The fraction of sp³-hybridized carbons (Fsp3) is 0.970. The summed E-state index contributed by atoms with van der Waals surface area (Å²) in [5, 5.41) is 18.8. The molecule has 3 N–H and O–H groups in total. The largest absolute Gasteiger partial charge is 0.481 e. The summed E-state index contributed by atoms with van der Waals surface area (Å²) < 4.78 is 30.2. The third-order valence-corrected chi connectivity index (χ3v) is 8.88. The molecule has 0 aromatic rings. The first-order chi connectivity index (χ1) is 20.5. The molecule has 0 aliphatic rings. The van der Waals surface area contributed by atoms with Crippen molar-refractivity contribution >= 4 is 13.8 Å². The van der Waals surface area contributed by atoms with Crippen molar-refractivity contribution in [2.45, 2.75) is 160 Å².